The maximum absolute atomic E-state index is 12.3. The highest BCUT2D eigenvalue weighted by Crippen LogP contribution is 2.35. The van der Waals surface area contributed by atoms with Crippen LogP contribution in [0.1, 0.15) is 35.2 Å². The van der Waals surface area contributed by atoms with Gasteiger partial charge in [0.05, 0.1) is 18.1 Å². The lowest BCUT2D eigenvalue weighted by Crippen LogP contribution is -2.49. The minimum atomic E-state index is -5.08. The van der Waals surface area contributed by atoms with Crippen LogP contribution in [0.2, 0.25) is 0 Å². The van der Waals surface area contributed by atoms with E-state index in [4.69, 9.17) is 19.1 Å². The lowest BCUT2D eigenvalue weighted by molar-refractivity contribution is -0.192. The number of hydrogen-bond acceptors (Lipinski definition) is 6. The standard InChI is InChI=1S/C18H22N2O3S.C2HF3O2/c21-17(15-3-8-24-12-15)19-16-2-7-23-18(9-16)4-5-20(13-18)10-14-1-6-22-11-14;3-2(4,5)1(6)7/h1,3,6,8,11-12,16H,2,4-5,7,9-10,13H2,(H,19,21);(H,6,7)/t16-,18+;/m0./s1. The van der Waals surface area contributed by atoms with E-state index in [9.17, 15) is 18.0 Å². The molecule has 2 aliphatic rings. The minimum absolute atomic E-state index is 0.0338. The van der Waals surface area contributed by atoms with Gasteiger partial charge in [-0.05, 0) is 36.8 Å². The first kappa shape index (κ1) is 23.3. The van der Waals surface area contributed by atoms with E-state index in [-0.39, 0.29) is 17.6 Å². The molecule has 2 aromatic rings. The normalized spacial score (nSPS) is 23.9. The van der Waals surface area contributed by atoms with Crippen LogP contribution in [0.4, 0.5) is 13.2 Å². The Bertz CT molecular complexity index is 857. The number of rotatable bonds is 4. The third kappa shape index (κ3) is 6.55. The number of amides is 1. The predicted molar refractivity (Wildman–Crippen MR) is 106 cm³/mol. The molecule has 170 valence electrons. The number of aliphatic carboxylic acids is 1. The molecule has 0 aromatic carbocycles. The first-order valence-corrected chi connectivity index (χ1v) is 10.6. The van der Waals surface area contributed by atoms with E-state index in [0.717, 1.165) is 44.5 Å². The number of halogens is 3. The second-order valence-electron chi connectivity index (χ2n) is 7.60. The Morgan fingerprint density at radius 1 is 1.35 bits per heavy atom. The zero-order valence-electron chi connectivity index (χ0n) is 16.6. The molecule has 7 nitrogen and oxygen atoms in total. The molecule has 2 aromatic heterocycles. The second kappa shape index (κ2) is 9.84. The first-order chi connectivity index (χ1) is 14.7. The molecule has 2 atom stereocenters. The van der Waals surface area contributed by atoms with Gasteiger partial charge < -0.3 is 19.6 Å². The van der Waals surface area contributed by atoms with E-state index in [0.29, 0.717) is 6.61 Å². The minimum Gasteiger partial charge on any atom is -0.475 e. The summed E-state index contributed by atoms with van der Waals surface area (Å²) in [6.07, 6.45) is 1.24. The second-order valence-corrected chi connectivity index (χ2v) is 8.38. The average Bonchev–Trinajstić information content (AvgIpc) is 3.45. The molecule has 2 aliphatic heterocycles. The molecule has 0 aliphatic carbocycles. The zero-order valence-corrected chi connectivity index (χ0v) is 17.4. The Balaban J connectivity index is 0.000000339. The topological polar surface area (TPSA) is 92.0 Å². The maximum Gasteiger partial charge on any atom is 0.490 e. The third-order valence-corrected chi connectivity index (χ3v) is 5.92. The highest BCUT2D eigenvalue weighted by Gasteiger charge is 2.43. The Labute approximate surface area is 180 Å². The van der Waals surface area contributed by atoms with Crippen molar-refractivity contribution in [2.45, 2.75) is 43.6 Å². The van der Waals surface area contributed by atoms with Gasteiger partial charge in [0.2, 0.25) is 0 Å². The van der Waals surface area contributed by atoms with Crippen LogP contribution in [0.25, 0.3) is 0 Å². The molecule has 0 saturated carbocycles. The van der Waals surface area contributed by atoms with E-state index < -0.39 is 12.1 Å². The van der Waals surface area contributed by atoms with E-state index in [1.807, 2.05) is 22.9 Å². The molecule has 1 amide bonds. The largest absolute Gasteiger partial charge is 0.490 e. The monoisotopic (exact) mass is 460 g/mol. The number of alkyl halides is 3. The highest BCUT2D eigenvalue weighted by molar-refractivity contribution is 7.08. The Hall–Kier alpha value is -2.37. The van der Waals surface area contributed by atoms with Crippen molar-refractivity contribution in [2.75, 3.05) is 19.7 Å². The predicted octanol–water partition coefficient (Wildman–Crippen LogP) is 3.53. The molecular weight excluding hydrogens is 437 g/mol. The highest BCUT2D eigenvalue weighted by atomic mass is 32.1. The fourth-order valence-corrected chi connectivity index (χ4v) is 4.44. The van der Waals surface area contributed by atoms with Gasteiger partial charge in [-0.25, -0.2) is 4.79 Å². The number of carbonyl (C=O) groups is 2. The number of carboxylic acid groups (broad SMARTS) is 1. The molecule has 2 N–H and O–H groups in total. The summed E-state index contributed by atoms with van der Waals surface area (Å²) in [6.45, 7) is 3.56. The number of carbonyl (C=O) groups excluding carboxylic acids is 1. The third-order valence-electron chi connectivity index (χ3n) is 5.24. The van der Waals surface area contributed by atoms with Crippen molar-refractivity contribution < 1.29 is 37.0 Å². The van der Waals surface area contributed by atoms with Gasteiger partial charge in [0.25, 0.3) is 5.91 Å². The molecule has 0 radical (unpaired) electrons. The number of thiophene rings is 1. The molecule has 2 fully saturated rings. The summed E-state index contributed by atoms with van der Waals surface area (Å²) < 4.78 is 43.1. The summed E-state index contributed by atoms with van der Waals surface area (Å²) in [5.41, 5.74) is 1.84. The molecule has 11 heteroatoms. The van der Waals surface area contributed by atoms with Crippen LogP contribution in [-0.2, 0) is 16.1 Å². The maximum atomic E-state index is 12.3. The lowest BCUT2D eigenvalue weighted by atomic mass is 9.89. The van der Waals surface area contributed by atoms with Crippen LogP contribution < -0.4 is 5.32 Å². The summed E-state index contributed by atoms with van der Waals surface area (Å²) >= 11 is 1.55. The van der Waals surface area contributed by atoms with Gasteiger partial charge in [0.1, 0.15) is 0 Å². The van der Waals surface area contributed by atoms with Crippen molar-refractivity contribution in [1.82, 2.24) is 10.2 Å². The van der Waals surface area contributed by atoms with Crippen molar-refractivity contribution in [1.29, 1.82) is 0 Å². The van der Waals surface area contributed by atoms with Gasteiger partial charge in [-0.2, -0.15) is 24.5 Å². The van der Waals surface area contributed by atoms with Gasteiger partial charge in [0, 0.05) is 48.8 Å². The summed E-state index contributed by atoms with van der Waals surface area (Å²) in [7, 11) is 0. The smallest absolute Gasteiger partial charge is 0.475 e. The zero-order chi connectivity index (χ0) is 22.5. The molecule has 4 rings (SSSR count). The average molecular weight is 460 g/mol. The van der Waals surface area contributed by atoms with E-state index in [2.05, 4.69) is 10.2 Å². The van der Waals surface area contributed by atoms with E-state index in [1.165, 1.54) is 5.56 Å². The Morgan fingerprint density at radius 2 is 2.13 bits per heavy atom. The number of likely N-dealkylation sites (tertiary alicyclic amines) is 1. The number of nitrogens with one attached hydrogen (secondary N) is 1. The van der Waals surface area contributed by atoms with Gasteiger partial charge in [-0.15, -0.1) is 0 Å². The van der Waals surface area contributed by atoms with Crippen LogP contribution in [-0.4, -0.2) is 59.4 Å². The number of nitrogens with zero attached hydrogens (tertiary/aromatic N) is 1. The molecule has 4 heterocycles. The van der Waals surface area contributed by atoms with Crippen molar-refractivity contribution in [3.63, 3.8) is 0 Å². The summed E-state index contributed by atoms with van der Waals surface area (Å²) in [4.78, 5) is 23.6. The number of ether oxygens (including phenoxy) is 1. The molecular formula is C20H23F3N2O5S. The quantitative estimate of drug-likeness (QED) is 0.726. The van der Waals surface area contributed by atoms with Crippen LogP contribution in [0.15, 0.2) is 39.8 Å². The lowest BCUT2D eigenvalue weighted by Gasteiger charge is -2.38. The molecule has 1 spiro atoms. The van der Waals surface area contributed by atoms with Crippen molar-refractivity contribution in [2.24, 2.45) is 0 Å². The molecule has 0 bridgehead atoms. The van der Waals surface area contributed by atoms with Crippen LogP contribution in [0.3, 0.4) is 0 Å². The number of carboxylic acids is 1. The fraction of sp³-hybridized carbons (Fsp3) is 0.500. The number of hydrogen-bond donors (Lipinski definition) is 2. The SMILES string of the molecule is O=C(N[C@H]1CCO[C@]2(CCN(Cc3ccoc3)C2)C1)c1ccsc1.O=C(O)C(F)(F)F. The van der Waals surface area contributed by atoms with Gasteiger partial charge in [0.15, 0.2) is 0 Å². The Morgan fingerprint density at radius 3 is 2.74 bits per heavy atom. The van der Waals surface area contributed by atoms with E-state index in [1.54, 1.807) is 23.9 Å². The summed E-state index contributed by atoms with van der Waals surface area (Å²) in [5.74, 6) is -2.72. The van der Waals surface area contributed by atoms with Gasteiger partial charge in [-0.3, -0.25) is 9.69 Å². The van der Waals surface area contributed by atoms with Crippen LogP contribution in [0, 0.1) is 0 Å². The fourth-order valence-electron chi connectivity index (χ4n) is 3.80. The van der Waals surface area contributed by atoms with Crippen molar-refractivity contribution >= 4 is 23.2 Å². The van der Waals surface area contributed by atoms with Crippen LogP contribution >= 0.6 is 11.3 Å². The van der Waals surface area contributed by atoms with Gasteiger partial charge in [-0.1, -0.05) is 0 Å². The Kier molecular flexibility index (Phi) is 7.39. The molecule has 0 unspecified atom stereocenters. The van der Waals surface area contributed by atoms with E-state index >= 15 is 0 Å². The van der Waals surface area contributed by atoms with Gasteiger partial charge >= 0.3 is 12.1 Å². The number of furan rings is 1. The first-order valence-electron chi connectivity index (χ1n) is 9.67. The summed E-state index contributed by atoms with van der Waals surface area (Å²) in [5, 5.41) is 14.1. The van der Waals surface area contributed by atoms with Crippen LogP contribution in [0.5, 0.6) is 0 Å². The van der Waals surface area contributed by atoms with Crippen molar-refractivity contribution in [3.8, 4) is 0 Å². The molecule has 2 saturated heterocycles. The molecule has 31 heavy (non-hydrogen) atoms. The summed E-state index contributed by atoms with van der Waals surface area (Å²) in [6, 6.07) is 4.08. The van der Waals surface area contributed by atoms with Crippen molar-refractivity contribution in [3.05, 3.63) is 46.5 Å².